The van der Waals surface area contributed by atoms with E-state index in [2.05, 4.69) is 15.5 Å². The molecule has 0 spiro atoms. The minimum atomic E-state index is -1.05. The van der Waals surface area contributed by atoms with Gasteiger partial charge < -0.3 is 10.0 Å². The Morgan fingerprint density at radius 2 is 2.15 bits per heavy atom. The Hall–Kier alpha value is -1.01. The van der Waals surface area contributed by atoms with Crippen molar-refractivity contribution in [2.75, 3.05) is 32.1 Å². The molecule has 146 valence electrons. The lowest BCUT2D eigenvalue weighted by atomic mass is 10.1. The first-order chi connectivity index (χ1) is 11.5. The minimum Gasteiger partial charge on any atom is -0.477 e. The summed E-state index contributed by atoms with van der Waals surface area (Å²) in [6, 6.07) is 0. The monoisotopic (exact) mass is 442 g/mol. The lowest BCUT2D eigenvalue weighted by Crippen LogP contribution is -2.54. The fourth-order valence-corrected chi connectivity index (χ4v) is 4.78. The molecule has 1 amide bonds. The minimum absolute atomic E-state index is 0. The average molecular weight is 443 g/mol. The fourth-order valence-electron chi connectivity index (χ4n) is 2.48. The molecule has 13 heteroatoms. The van der Waals surface area contributed by atoms with Crippen molar-refractivity contribution in [3.05, 3.63) is 11.3 Å². The number of halogens is 2. The van der Waals surface area contributed by atoms with Gasteiger partial charge in [0.1, 0.15) is 5.70 Å². The van der Waals surface area contributed by atoms with Crippen LogP contribution in [0.4, 0.5) is 0 Å². The highest BCUT2D eigenvalue weighted by Gasteiger charge is 2.45. The summed E-state index contributed by atoms with van der Waals surface area (Å²) in [5, 5.41) is 21.8. The van der Waals surface area contributed by atoms with E-state index in [0.29, 0.717) is 29.6 Å². The number of carboxylic acids is 1. The van der Waals surface area contributed by atoms with Gasteiger partial charge in [-0.15, -0.1) is 41.7 Å². The lowest BCUT2D eigenvalue weighted by Gasteiger charge is -2.43. The summed E-state index contributed by atoms with van der Waals surface area (Å²) >= 11 is 3.00. The number of hydrogen-bond donors (Lipinski definition) is 1. The Bertz CT molecular complexity index is 699. The summed E-state index contributed by atoms with van der Waals surface area (Å²) in [4.78, 5) is 26.8. The van der Waals surface area contributed by atoms with Crippen LogP contribution in [-0.2, 0) is 16.1 Å². The first-order valence-electron chi connectivity index (χ1n) is 7.40. The predicted molar refractivity (Wildman–Crippen MR) is 104 cm³/mol. The summed E-state index contributed by atoms with van der Waals surface area (Å²) in [5.74, 6) is -0.102. The molecule has 1 atom stereocenters. The molecule has 1 saturated heterocycles. The molecule has 0 saturated carbocycles. The summed E-state index contributed by atoms with van der Waals surface area (Å²) in [6.07, 6.45) is 0.421. The molecule has 9 nitrogen and oxygen atoms in total. The SMILES string of the molecule is CN(C)CCn1nnnc1SCC1=C(C(=O)O)N2C(=O)C[C@H]2SC1.Cl.Cl. The van der Waals surface area contributed by atoms with Crippen LogP contribution < -0.4 is 0 Å². The van der Waals surface area contributed by atoms with Crippen LogP contribution in [0.2, 0.25) is 0 Å². The van der Waals surface area contributed by atoms with Crippen molar-refractivity contribution >= 4 is 60.2 Å². The van der Waals surface area contributed by atoms with Crippen molar-refractivity contribution in [3.8, 4) is 0 Å². The van der Waals surface area contributed by atoms with Gasteiger partial charge in [-0.2, -0.15) is 0 Å². The third-order valence-electron chi connectivity index (χ3n) is 3.77. The van der Waals surface area contributed by atoms with Gasteiger partial charge >= 0.3 is 5.97 Å². The Morgan fingerprint density at radius 1 is 1.42 bits per heavy atom. The predicted octanol–water partition coefficient (Wildman–Crippen LogP) is 0.814. The molecule has 1 N–H and O–H groups in total. The van der Waals surface area contributed by atoms with E-state index >= 15 is 0 Å². The number of aromatic nitrogens is 4. The highest BCUT2D eigenvalue weighted by atomic mass is 35.5. The fraction of sp³-hybridized carbons (Fsp3) is 0.615. The largest absolute Gasteiger partial charge is 0.477 e. The topological polar surface area (TPSA) is 104 Å². The molecule has 26 heavy (non-hydrogen) atoms. The number of fused-ring (bicyclic) bond motifs is 1. The molecule has 3 rings (SSSR count). The van der Waals surface area contributed by atoms with Crippen molar-refractivity contribution < 1.29 is 14.7 Å². The second kappa shape index (κ2) is 9.79. The molecule has 1 aromatic heterocycles. The normalized spacial score (nSPS) is 18.8. The summed E-state index contributed by atoms with van der Waals surface area (Å²) in [5.41, 5.74) is 0.874. The molecule has 1 aromatic rings. The van der Waals surface area contributed by atoms with E-state index in [0.717, 1.165) is 12.1 Å². The van der Waals surface area contributed by atoms with Crippen LogP contribution in [0.1, 0.15) is 6.42 Å². The second-order valence-electron chi connectivity index (χ2n) is 5.77. The lowest BCUT2D eigenvalue weighted by molar-refractivity contribution is -0.146. The number of carboxylic acid groups (broad SMARTS) is 1. The van der Waals surface area contributed by atoms with Crippen molar-refractivity contribution in [2.24, 2.45) is 0 Å². The number of β-lactam (4-membered cyclic amide) rings is 1. The summed E-state index contributed by atoms with van der Waals surface area (Å²) in [6.45, 7) is 1.47. The summed E-state index contributed by atoms with van der Waals surface area (Å²) in [7, 11) is 3.95. The van der Waals surface area contributed by atoms with Crippen molar-refractivity contribution in [3.63, 3.8) is 0 Å². The van der Waals surface area contributed by atoms with Crippen LogP contribution in [0.25, 0.3) is 0 Å². The first kappa shape index (κ1) is 23.0. The maximum absolute atomic E-state index is 11.7. The van der Waals surface area contributed by atoms with E-state index in [4.69, 9.17) is 0 Å². The zero-order valence-electron chi connectivity index (χ0n) is 14.2. The second-order valence-corrected chi connectivity index (χ2v) is 7.88. The van der Waals surface area contributed by atoms with Gasteiger partial charge in [0.2, 0.25) is 11.1 Å². The molecule has 0 aromatic carbocycles. The van der Waals surface area contributed by atoms with Crippen LogP contribution in [-0.4, -0.2) is 84.5 Å². The molecule has 0 unspecified atom stereocenters. The highest BCUT2D eigenvalue weighted by molar-refractivity contribution is 8.00. The molecule has 1 fully saturated rings. The van der Waals surface area contributed by atoms with Gasteiger partial charge in [-0.3, -0.25) is 9.69 Å². The van der Waals surface area contributed by atoms with E-state index in [1.54, 1.807) is 16.4 Å². The average Bonchev–Trinajstić information content (AvgIpc) is 2.97. The number of likely N-dealkylation sites (N-methyl/N-ethyl adjacent to an activating group) is 1. The maximum atomic E-state index is 11.7. The zero-order valence-corrected chi connectivity index (χ0v) is 17.5. The molecule has 2 aliphatic rings. The molecule has 0 aliphatic carbocycles. The molecule has 3 heterocycles. The third kappa shape index (κ3) is 4.83. The number of rotatable bonds is 7. The number of hydrogen-bond acceptors (Lipinski definition) is 8. The van der Waals surface area contributed by atoms with Crippen molar-refractivity contribution in [1.29, 1.82) is 0 Å². The molecule has 0 bridgehead atoms. The molecular formula is C13H20Cl2N6O3S2. The Kier molecular flexibility index (Phi) is 8.67. The maximum Gasteiger partial charge on any atom is 0.352 e. The molecule has 0 radical (unpaired) electrons. The van der Waals surface area contributed by atoms with E-state index < -0.39 is 5.97 Å². The van der Waals surface area contributed by atoms with Crippen LogP contribution in [0.3, 0.4) is 0 Å². The van der Waals surface area contributed by atoms with Crippen LogP contribution >= 0.6 is 48.3 Å². The van der Waals surface area contributed by atoms with E-state index in [-0.39, 0.29) is 41.8 Å². The number of thioether (sulfide) groups is 2. The van der Waals surface area contributed by atoms with Gasteiger partial charge in [0.15, 0.2) is 0 Å². The van der Waals surface area contributed by atoms with Crippen LogP contribution in [0.5, 0.6) is 0 Å². The van der Waals surface area contributed by atoms with Crippen LogP contribution in [0, 0.1) is 0 Å². The van der Waals surface area contributed by atoms with Gasteiger partial charge in [0.05, 0.1) is 18.3 Å². The number of aliphatic carboxylic acids is 1. The van der Waals surface area contributed by atoms with Gasteiger partial charge in [0, 0.05) is 18.1 Å². The number of carbonyl (C=O) groups excluding carboxylic acids is 1. The molecular weight excluding hydrogens is 423 g/mol. The van der Waals surface area contributed by atoms with Crippen LogP contribution in [0.15, 0.2) is 16.4 Å². The summed E-state index contributed by atoms with van der Waals surface area (Å²) < 4.78 is 1.71. The van der Waals surface area contributed by atoms with Gasteiger partial charge in [-0.05, 0) is 30.1 Å². The van der Waals surface area contributed by atoms with E-state index in [9.17, 15) is 14.7 Å². The third-order valence-corrected chi connectivity index (χ3v) is 6.09. The highest BCUT2D eigenvalue weighted by Crippen LogP contribution is 2.40. The first-order valence-corrected chi connectivity index (χ1v) is 9.43. The quantitative estimate of drug-likeness (QED) is 0.484. The molecule has 2 aliphatic heterocycles. The van der Waals surface area contributed by atoms with Crippen molar-refractivity contribution in [2.45, 2.75) is 23.5 Å². The number of carbonyl (C=O) groups is 2. The Labute approximate surface area is 171 Å². The Balaban J connectivity index is 0.00000169. The van der Waals surface area contributed by atoms with Gasteiger partial charge in [0.25, 0.3) is 0 Å². The van der Waals surface area contributed by atoms with Gasteiger partial charge in [-0.1, -0.05) is 11.8 Å². The smallest absolute Gasteiger partial charge is 0.352 e. The standard InChI is InChI=1S/C13H18N6O3S2.2ClH/c1-17(2)3-4-18-13(14-15-16-18)24-7-8-6-23-10-5-9(20)19(10)11(8)12(21)22;;/h10H,3-7H2,1-2H3,(H,21,22);2*1H/t10-;;/m1../s1. The number of amides is 1. The van der Waals surface area contributed by atoms with Crippen molar-refractivity contribution in [1.82, 2.24) is 30.0 Å². The number of nitrogens with zero attached hydrogens (tertiary/aromatic N) is 6. The van der Waals surface area contributed by atoms with E-state index in [1.807, 2.05) is 19.0 Å². The Morgan fingerprint density at radius 3 is 2.77 bits per heavy atom. The zero-order chi connectivity index (χ0) is 17.3. The number of tetrazole rings is 1. The van der Waals surface area contributed by atoms with E-state index in [1.165, 1.54) is 16.7 Å². The van der Waals surface area contributed by atoms with Gasteiger partial charge in [-0.25, -0.2) is 9.48 Å².